The van der Waals surface area contributed by atoms with Crippen LogP contribution in [0.3, 0.4) is 0 Å². The minimum absolute atomic E-state index is 0.110. The van der Waals surface area contributed by atoms with Crippen molar-refractivity contribution in [2.24, 2.45) is 4.40 Å². The van der Waals surface area contributed by atoms with Gasteiger partial charge in [0.25, 0.3) is 10.0 Å². The van der Waals surface area contributed by atoms with E-state index >= 15 is 0 Å². The Morgan fingerprint density at radius 1 is 0.921 bits per heavy atom. The first kappa shape index (κ1) is 27.1. The van der Waals surface area contributed by atoms with E-state index in [0.29, 0.717) is 18.7 Å². The minimum Gasteiger partial charge on any atom is -0.275 e. The summed E-state index contributed by atoms with van der Waals surface area (Å²) in [5.41, 5.74) is 4.64. The van der Waals surface area contributed by atoms with Crippen molar-refractivity contribution in [1.29, 1.82) is 0 Å². The second kappa shape index (κ2) is 11.4. The molecule has 11 heteroatoms. The lowest BCUT2D eigenvalue weighted by Crippen LogP contribution is -2.29. The lowest BCUT2D eigenvalue weighted by Gasteiger charge is -2.13. The van der Waals surface area contributed by atoms with Crippen LogP contribution in [-0.4, -0.2) is 23.3 Å². The van der Waals surface area contributed by atoms with Crippen LogP contribution in [0.25, 0.3) is 5.69 Å². The van der Waals surface area contributed by atoms with Crippen molar-refractivity contribution in [2.45, 2.75) is 49.3 Å². The Bertz CT molecular complexity index is 1740. The van der Waals surface area contributed by atoms with Crippen LogP contribution in [0, 0.1) is 20.8 Å². The van der Waals surface area contributed by atoms with Crippen molar-refractivity contribution in [3.8, 4) is 5.69 Å². The molecule has 3 aromatic rings. The van der Waals surface area contributed by atoms with E-state index in [4.69, 9.17) is 0 Å². The summed E-state index contributed by atoms with van der Waals surface area (Å²) in [6.45, 7) is 6.14. The molecule has 0 unspecified atom stereocenters. The fourth-order valence-corrected chi connectivity index (χ4v) is 8.99. The number of hydrogen-bond acceptors (Lipinski definition) is 7. The summed E-state index contributed by atoms with van der Waals surface area (Å²) in [4.78, 5) is 15.0. The zero-order valence-corrected chi connectivity index (χ0v) is 25.3. The third-order valence-corrected chi connectivity index (χ3v) is 11.5. The molecule has 0 amide bonds. The van der Waals surface area contributed by atoms with Crippen LogP contribution in [0.4, 0.5) is 0 Å². The first-order valence-electron chi connectivity index (χ1n) is 12.0. The highest BCUT2D eigenvalue weighted by Crippen LogP contribution is 2.33. The average molecular weight is 602 g/mol. The quantitative estimate of drug-likeness (QED) is 0.193. The molecular weight excluding hydrogens is 575 g/mol. The number of sulfonamides is 1. The molecule has 6 nitrogen and oxygen atoms in total. The van der Waals surface area contributed by atoms with Crippen LogP contribution in [-0.2, 0) is 29.4 Å². The molecule has 4 heterocycles. The second-order valence-corrected chi connectivity index (χ2v) is 14.7. The van der Waals surface area contributed by atoms with Crippen LogP contribution in [0.1, 0.15) is 27.3 Å². The highest BCUT2D eigenvalue weighted by Gasteiger charge is 2.26. The highest BCUT2D eigenvalue weighted by atomic mass is 32.2. The van der Waals surface area contributed by atoms with Crippen LogP contribution < -0.4 is 11.2 Å². The number of aromatic nitrogens is 2. The van der Waals surface area contributed by atoms with Gasteiger partial charge in [0.15, 0.2) is 5.49 Å². The van der Waals surface area contributed by atoms with E-state index < -0.39 is 10.0 Å². The molecule has 0 aliphatic carbocycles. The first-order valence-corrected chi connectivity index (χ1v) is 17.2. The maximum atomic E-state index is 13.8. The van der Waals surface area contributed by atoms with Gasteiger partial charge in [-0.15, -0.1) is 27.5 Å². The summed E-state index contributed by atoms with van der Waals surface area (Å²) in [6, 6.07) is 10.8. The van der Waals surface area contributed by atoms with Gasteiger partial charge in [-0.25, -0.2) is 4.79 Å². The van der Waals surface area contributed by atoms with Gasteiger partial charge in [-0.05, 0) is 90.5 Å². The van der Waals surface area contributed by atoms with E-state index in [2.05, 4.69) is 21.2 Å². The molecule has 0 atom stereocenters. The number of fused-ring (bicyclic) bond motifs is 1. The molecule has 0 radical (unpaired) electrons. The van der Waals surface area contributed by atoms with Crippen molar-refractivity contribution in [3.05, 3.63) is 101 Å². The summed E-state index contributed by atoms with van der Waals surface area (Å²) in [5, 5.41) is 8.25. The van der Waals surface area contributed by atoms with Crippen LogP contribution in [0.15, 0.2) is 76.2 Å². The average Bonchev–Trinajstić information content (AvgIpc) is 3.64. The Hall–Kier alpha value is -2.44. The predicted octanol–water partition coefficient (Wildman–Crippen LogP) is 6.05. The Labute approximate surface area is 238 Å². The predicted molar refractivity (Wildman–Crippen MR) is 159 cm³/mol. The maximum absolute atomic E-state index is 13.8. The Morgan fingerprint density at radius 3 is 2.21 bits per heavy atom. The smallest absolute Gasteiger partial charge is 0.275 e. The molecule has 0 saturated carbocycles. The van der Waals surface area contributed by atoms with E-state index in [-0.39, 0.29) is 16.1 Å². The number of imidazole rings is 1. The van der Waals surface area contributed by atoms with Gasteiger partial charge < -0.3 is 0 Å². The lowest BCUT2D eigenvalue weighted by atomic mass is 10.2. The molecule has 0 saturated heterocycles. The van der Waals surface area contributed by atoms with Crippen molar-refractivity contribution in [2.75, 3.05) is 5.75 Å². The minimum atomic E-state index is -4.05. The summed E-state index contributed by atoms with van der Waals surface area (Å²) < 4.78 is 35.4. The summed E-state index contributed by atoms with van der Waals surface area (Å²) in [7, 11) is -4.05. The maximum Gasteiger partial charge on any atom is 0.334 e. The monoisotopic (exact) mass is 601 g/mol. The molecule has 198 valence electrons. The fraction of sp³-hybridized carbons (Fsp3) is 0.259. The van der Waals surface area contributed by atoms with E-state index in [1.807, 2.05) is 37.6 Å². The number of aryl methyl sites for hydroxylation is 4. The van der Waals surface area contributed by atoms with Crippen molar-refractivity contribution >= 4 is 55.8 Å². The van der Waals surface area contributed by atoms with Crippen LogP contribution in [0.2, 0.25) is 0 Å². The van der Waals surface area contributed by atoms with E-state index in [0.717, 1.165) is 38.1 Å². The van der Waals surface area contributed by atoms with Gasteiger partial charge in [0, 0.05) is 22.9 Å². The molecule has 0 N–H and O–H groups in total. The number of nitrogens with zero attached hydrogens (tertiary/aromatic N) is 3. The van der Waals surface area contributed by atoms with Gasteiger partial charge in [-0.2, -0.15) is 31.1 Å². The van der Waals surface area contributed by atoms with Crippen molar-refractivity contribution in [1.82, 2.24) is 9.13 Å². The molecular formula is C27H27N3O3S5. The van der Waals surface area contributed by atoms with Gasteiger partial charge in [0.05, 0.1) is 9.10 Å². The van der Waals surface area contributed by atoms with Crippen molar-refractivity contribution in [3.63, 3.8) is 0 Å². The number of rotatable bonds is 9. The largest absolute Gasteiger partial charge is 0.334 e. The zero-order valence-electron chi connectivity index (χ0n) is 21.2. The fourth-order valence-electron chi connectivity index (χ4n) is 4.09. The zero-order chi connectivity index (χ0) is 26.9. The number of benzene rings is 1. The van der Waals surface area contributed by atoms with E-state index in [1.165, 1.54) is 10.1 Å². The standard InChI is InChI=1S/C27H27N3O3S5/c1-18-4-6-23(7-5-18)38(32,33)28-25-24-26(36-15-11-22-10-14-35-17-22)37-20(3)19(2)30(24)27(31)29(25)12-8-21-9-13-34-16-21/h4-7,9-10,13-14,16-17H,8,11-12,15H2,1-3H3. The van der Waals surface area contributed by atoms with Gasteiger partial charge in [-0.1, -0.05) is 17.7 Å². The first-order chi connectivity index (χ1) is 18.2. The molecule has 0 spiro atoms. The molecule has 2 aromatic heterocycles. The van der Waals surface area contributed by atoms with E-state index in [9.17, 15) is 13.2 Å². The number of thioether (sulfide) groups is 1. The van der Waals surface area contributed by atoms with Gasteiger partial charge >= 0.3 is 5.69 Å². The topological polar surface area (TPSA) is 73.4 Å². The van der Waals surface area contributed by atoms with Crippen molar-refractivity contribution < 1.29 is 8.42 Å². The summed E-state index contributed by atoms with van der Waals surface area (Å²) in [5.74, 6) is 0.809. The van der Waals surface area contributed by atoms with Gasteiger partial charge in [0.2, 0.25) is 0 Å². The summed E-state index contributed by atoms with van der Waals surface area (Å²) >= 11 is 6.50. The Balaban J connectivity index is 1.69. The third kappa shape index (κ3) is 5.62. The molecule has 5 rings (SSSR count). The second-order valence-electron chi connectivity index (χ2n) is 8.96. The number of thiophene rings is 2. The van der Waals surface area contributed by atoms with Gasteiger partial charge in [-0.3, -0.25) is 9.13 Å². The number of hydrogen-bond donors (Lipinski definition) is 0. The van der Waals surface area contributed by atoms with Gasteiger partial charge in [0.1, 0.15) is 5.69 Å². The SMILES string of the molecule is Cc1ccc(S(=O)(=O)N=c2c3c(SCCc4ccsc4)sc(C)c(C)n-3c(=O)n2CCc2ccsc2)cc1. The Morgan fingerprint density at radius 2 is 1.58 bits per heavy atom. The molecule has 2 aliphatic heterocycles. The summed E-state index contributed by atoms with van der Waals surface area (Å²) in [6.07, 6.45) is 1.49. The molecule has 0 bridgehead atoms. The molecule has 38 heavy (non-hydrogen) atoms. The van der Waals surface area contributed by atoms with Crippen LogP contribution in [0.5, 0.6) is 0 Å². The Kier molecular flexibility index (Phi) is 8.11. The molecule has 1 aromatic carbocycles. The third-order valence-electron chi connectivity index (χ3n) is 6.33. The lowest BCUT2D eigenvalue weighted by molar-refractivity contribution is 0.592. The van der Waals surface area contributed by atoms with Crippen LogP contribution >= 0.6 is 45.8 Å². The highest BCUT2D eigenvalue weighted by molar-refractivity contribution is 8.01. The normalized spacial score (nSPS) is 12.6. The molecule has 2 aliphatic rings. The molecule has 0 fully saturated rings. The van der Waals surface area contributed by atoms with E-state index in [1.54, 1.807) is 74.6 Å².